The first-order valence-corrected chi connectivity index (χ1v) is 11.7. The average molecular weight is 464 g/mol. The number of hydrogen-bond acceptors (Lipinski definition) is 5. The molecule has 0 bridgehead atoms. The van der Waals surface area contributed by atoms with E-state index in [1.54, 1.807) is 0 Å². The molecule has 0 radical (unpaired) electrons. The first-order valence-electron chi connectivity index (χ1n) is 11.7. The molecule has 1 aliphatic carbocycles. The molecular formula is C23H31F2N5O3. The Kier molecular flexibility index (Phi) is 7.87. The Labute approximate surface area is 191 Å². The van der Waals surface area contributed by atoms with Gasteiger partial charge in [-0.2, -0.15) is 0 Å². The zero-order valence-corrected chi connectivity index (χ0v) is 18.6. The van der Waals surface area contributed by atoms with Gasteiger partial charge in [-0.3, -0.25) is 4.68 Å². The summed E-state index contributed by atoms with van der Waals surface area (Å²) in [4.78, 5) is 12.3. The number of carbonyl (C=O) groups excluding carboxylic acids is 1. The number of amides is 2. The van der Waals surface area contributed by atoms with E-state index in [1.165, 1.54) is 32.1 Å². The second kappa shape index (κ2) is 11.0. The van der Waals surface area contributed by atoms with E-state index in [2.05, 4.69) is 20.9 Å². The molecule has 3 atom stereocenters. The van der Waals surface area contributed by atoms with E-state index in [4.69, 9.17) is 4.74 Å². The Bertz CT molecular complexity index is 935. The molecule has 1 saturated carbocycles. The maximum absolute atomic E-state index is 13.7. The molecule has 33 heavy (non-hydrogen) atoms. The van der Waals surface area contributed by atoms with E-state index in [0.29, 0.717) is 25.3 Å². The smallest absolute Gasteiger partial charge is 0.319 e. The topological polar surface area (TPSA) is 101 Å². The number of ether oxygens (including phenoxy) is 1. The number of carbonyl (C=O) groups is 1. The van der Waals surface area contributed by atoms with E-state index in [0.717, 1.165) is 30.3 Å². The van der Waals surface area contributed by atoms with Gasteiger partial charge in [-0.1, -0.05) is 24.5 Å². The van der Waals surface area contributed by atoms with Crippen LogP contribution in [0.25, 0.3) is 0 Å². The van der Waals surface area contributed by atoms with Gasteiger partial charge in [-0.05, 0) is 44.2 Å². The van der Waals surface area contributed by atoms with Crippen molar-refractivity contribution in [3.63, 3.8) is 0 Å². The predicted octanol–water partition coefficient (Wildman–Crippen LogP) is 3.72. The fourth-order valence-corrected chi connectivity index (χ4v) is 4.71. The zero-order valence-electron chi connectivity index (χ0n) is 18.6. The van der Waals surface area contributed by atoms with Crippen molar-refractivity contribution in [1.29, 1.82) is 0 Å². The number of aryl methyl sites for hydroxylation is 1. The number of benzene rings is 1. The lowest BCUT2D eigenvalue weighted by Crippen LogP contribution is -2.52. The van der Waals surface area contributed by atoms with Crippen LogP contribution >= 0.6 is 0 Å². The molecule has 1 aromatic carbocycles. The van der Waals surface area contributed by atoms with Crippen LogP contribution in [-0.2, 0) is 11.3 Å². The van der Waals surface area contributed by atoms with Crippen LogP contribution in [0.2, 0.25) is 0 Å². The number of urea groups is 1. The lowest BCUT2D eigenvalue weighted by Gasteiger charge is -2.36. The highest BCUT2D eigenvalue weighted by molar-refractivity contribution is 5.89. The van der Waals surface area contributed by atoms with Crippen LogP contribution in [0.5, 0.6) is 0 Å². The predicted molar refractivity (Wildman–Crippen MR) is 118 cm³/mol. The summed E-state index contributed by atoms with van der Waals surface area (Å²) in [6.45, 7) is 0.408. The summed E-state index contributed by atoms with van der Waals surface area (Å²) in [5.74, 6) is -0.872. The molecule has 10 heteroatoms. The fraction of sp³-hybridized carbons (Fsp3) is 0.609. The van der Waals surface area contributed by atoms with Crippen molar-refractivity contribution >= 4 is 11.7 Å². The summed E-state index contributed by atoms with van der Waals surface area (Å²) in [5, 5.41) is 23.4. The maximum atomic E-state index is 13.7. The Hall–Kier alpha value is -2.59. The highest BCUT2D eigenvalue weighted by Gasteiger charge is 2.32. The van der Waals surface area contributed by atoms with Gasteiger partial charge in [0.2, 0.25) is 0 Å². The number of anilines is 1. The Morgan fingerprint density at radius 3 is 2.79 bits per heavy atom. The van der Waals surface area contributed by atoms with Gasteiger partial charge < -0.3 is 20.5 Å². The SMILES string of the molecule is O=C(Nc1cc(F)ccc1F)N[C@@H]1CC[C@H](CCn2cc(C3CCCCC3)nn2)O[C@H]1CO. The van der Waals surface area contributed by atoms with Crippen LogP contribution in [0.4, 0.5) is 19.3 Å². The van der Waals surface area contributed by atoms with Crippen LogP contribution in [0.15, 0.2) is 24.4 Å². The summed E-state index contributed by atoms with van der Waals surface area (Å²) in [7, 11) is 0. The van der Waals surface area contributed by atoms with Crippen molar-refractivity contribution in [3.05, 3.63) is 41.7 Å². The molecule has 0 unspecified atom stereocenters. The number of nitrogens with zero attached hydrogens (tertiary/aromatic N) is 3. The zero-order chi connectivity index (χ0) is 23.2. The molecule has 1 aromatic heterocycles. The van der Waals surface area contributed by atoms with Gasteiger partial charge in [0.15, 0.2) is 0 Å². The normalized spacial score (nSPS) is 23.9. The molecule has 8 nitrogen and oxygen atoms in total. The number of rotatable bonds is 7. The minimum atomic E-state index is -0.732. The molecule has 180 valence electrons. The Morgan fingerprint density at radius 1 is 1.18 bits per heavy atom. The molecular weight excluding hydrogens is 432 g/mol. The van der Waals surface area contributed by atoms with Crippen LogP contribution in [0.3, 0.4) is 0 Å². The second-order valence-corrected chi connectivity index (χ2v) is 8.92. The largest absolute Gasteiger partial charge is 0.394 e. The van der Waals surface area contributed by atoms with Crippen LogP contribution < -0.4 is 10.6 Å². The molecule has 2 amide bonds. The van der Waals surface area contributed by atoms with E-state index in [-0.39, 0.29) is 18.4 Å². The molecule has 2 aromatic rings. The van der Waals surface area contributed by atoms with Gasteiger partial charge >= 0.3 is 6.03 Å². The molecule has 4 rings (SSSR count). The standard InChI is InChI=1S/C23H31F2N5O3/c24-16-6-8-18(25)20(12-16)27-23(32)26-19-9-7-17(33-22(19)14-31)10-11-30-13-21(28-29-30)15-4-2-1-3-5-15/h6,8,12-13,15,17,19,22,31H,1-5,7,9-11,14H2,(H2,26,27,32)/t17-,19-,22+/m1/s1. The molecule has 1 aliphatic heterocycles. The third-order valence-corrected chi connectivity index (χ3v) is 6.55. The quantitative estimate of drug-likeness (QED) is 0.581. The minimum absolute atomic E-state index is 0.0775. The van der Waals surface area contributed by atoms with E-state index < -0.39 is 29.8 Å². The number of nitrogens with one attached hydrogen (secondary N) is 2. The average Bonchev–Trinajstić information content (AvgIpc) is 3.30. The van der Waals surface area contributed by atoms with E-state index in [1.807, 2.05) is 10.9 Å². The number of aromatic nitrogens is 3. The summed E-state index contributed by atoms with van der Waals surface area (Å²) in [6.07, 6.45) is 9.54. The highest BCUT2D eigenvalue weighted by Crippen LogP contribution is 2.31. The fourth-order valence-electron chi connectivity index (χ4n) is 4.71. The van der Waals surface area contributed by atoms with Crippen molar-refractivity contribution in [3.8, 4) is 0 Å². The summed E-state index contributed by atoms with van der Waals surface area (Å²) in [5.41, 5.74) is 0.820. The number of aliphatic hydroxyl groups is 1. The highest BCUT2D eigenvalue weighted by atomic mass is 19.1. The van der Waals surface area contributed by atoms with Crippen molar-refractivity contribution in [2.24, 2.45) is 0 Å². The van der Waals surface area contributed by atoms with Gasteiger partial charge in [0.05, 0.1) is 30.1 Å². The van der Waals surface area contributed by atoms with Crippen LogP contribution in [-0.4, -0.2) is 51.0 Å². The second-order valence-electron chi connectivity index (χ2n) is 8.92. The Balaban J connectivity index is 1.25. The summed E-state index contributed by atoms with van der Waals surface area (Å²) < 4.78 is 34.9. The monoisotopic (exact) mass is 463 g/mol. The minimum Gasteiger partial charge on any atom is -0.394 e. The van der Waals surface area contributed by atoms with Crippen molar-refractivity contribution in [1.82, 2.24) is 20.3 Å². The van der Waals surface area contributed by atoms with E-state index in [9.17, 15) is 18.7 Å². The van der Waals surface area contributed by atoms with Crippen molar-refractivity contribution in [2.45, 2.75) is 82.1 Å². The molecule has 2 heterocycles. The van der Waals surface area contributed by atoms with Gasteiger partial charge in [0.25, 0.3) is 0 Å². The number of hydrogen-bond donors (Lipinski definition) is 3. The van der Waals surface area contributed by atoms with Crippen LogP contribution in [0.1, 0.15) is 63.0 Å². The molecule has 0 spiro atoms. The third-order valence-electron chi connectivity index (χ3n) is 6.55. The maximum Gasteiger partial charge on any atom is 0.319 e. The van der Waals surface area contributed by atoms with Gasteiger partial charge in [0.1, 0.15) is 17.7 Å². The van der Waals surface area contributed by atoms with Gasteiger partial charge in [0, 0.05) is 24.7 Å². The van der Waals surface area contributed by atoms with Gasteiger partial charge in [-0.25, -0.2) is 13.6 Å². The first kappa shape index (κ1) is 23.6. The number of halogens is 2. The van der Waals surface area contributed by atoms with E-state index >= 15 is 0 Å². The number of aliphatic hydroxyl groups excluding tert-OH is 1. The van der Waals surface area contributed by atoms with Gasteiger partial charge in [-0.15, -0.1) is 5.10 Å². The van der Waals surface area contributed by atoms with Crippen LogP contribution in [0, 0.1) is 11.6 Å². The lowest BCUT2D eigenvalue weighted by molar-refractivity contribution is -0.0905. The molecule has 2 fully saturated rings. The third kappa shape index (κ3) is 6.26. The Morgan fingerprint density at radius 2 is 2.00 bits per heavy atom. The summed E-state index contributed by atoms with van der Waals surface area (Å²) in [6, 6.07) is 1.72. The molecule has 2 aliphatic rings. The molecule has 1 saturated heterocycles. The summed E-state index contributed by atoms with van der Waals surface area (Å²) >= 11 is 0. The van der Waals surface area contributed by atoms with Crippen molar-refractivity contribution in [2.75, 3.05) is 11.9 Å². The molecule has 3 N–H and O–H groups in total. The lowest BCUT2D eigenvalue weighted by atomic mass is 9.87. The first-order chi connectivity index (χ1) is 16.0. The van der Waals surface area contributed by atoms with Crippen molar-refractivity contribution < 1.29 is 23.4 Å².